The Hall–Kier alpha value is -3.09. The second-order valence-electron chi connectivity index (χ2n) is 6.91. The van der Waals surface area contributed by atoms with Gasteiger partial charge in [-0.05, 0) is 36.6 Å². The Balaban J connectivity index is 1.40. The summed E-state index contributed by atoms with van der Waals surface area (Å²) < 4.78 is 3.06. The first-order chi connectivity index (χ1) is 13.1. The van der Waals surface area contributed by atoms with Crippen LogP contribution in [0.4, 0.5) is 5.82 Å². The Kier molecular flexibility index (Phi) is 4.66. The van der Waals surface area contributed by atoms with Gasteiger partial charge in [0, 0.05) is 32.9 Å². The first-order valence-corrected chi connectivity index (χ1v) is 9.24. The number of amides is 1. The highest BCUT2D eigenvalue weighted by molar-refractivity contribution is 5.80. The van der Waals surface area contributed by atoms with E-state index in [1.807, 2.05) is 36.4 Å². The zero-order chi connectivity index (χ0) is 18.8. The number of hydrogen-bond acceptors (Lipinski definition) is 4. The molecule has 1 fully saturated rings. The molecule has 0 aliphatic carbocycles. The summed E-state index contributed by atoms with van der Waals surface area (Å²) >= 11 is 0. The van der Waals surface area contributed by atoms with Gasteiger partial charge in [-0.1, -0.05) is 18.2 Å². The highest BCUT2D eigenvalue weighted by Crippen LogP contribution is 2.17. The van der Waals surface area contributed by atoms with Crippen LogP contribution in [-0.2, 0) is 24.9 Å². The average Bonchev–Trinajstić information content (AvgIpc) is 3.31. The Bertz CT molecular complexity index is 1010. The minimum absolute atomic E-state index is 0.000519. The molecule has 1 aliphatic rings. The van der Waals surface area contributed by atoms with Gasteiger partial charge in [0.2, 0.25) is 5.91 Å². The van der Waals surface area contributed by atoms with Gasteiger partial charge in [-0.15, -0.1) is 0 Å². The van der Waals surface area contributed by atoms with Crippen LogP contribution in [0.15, 0.2) is 47.4 Å². The van der Waals surface area contributed by atoms with Crippen LogP contribution in [-0.4, -0.2) is 33.1 Å². The number of aryl methyl sites for hydroxylation is 1. The lowest BCUT2D eigenvalue weighted by atomic mass is 10.2. The summed E-state index contributed by atoms with van der Waals surface area (Å²) in [7, 11) is 1.71. The Morgan fingerprint density at radius 1 is 1.11 bits per heavy atom. The predicted octanol–water partition coefficient (Wildman–Crippen LogP) is 1.65. The predicted molar refractivity (Wildman–Crippen MR) is 105 cm³/mol. The van der Waals surface area contributed by atoms with Crippen molar-refractivity contribution in [1.82, 2.24) is 19.4 Å². The van der Waals surface area contributed by atoms with Crippen LogP contribution in [0.3, 0.4) is 0 Å². The molecule has 27 heavy (non-hydrogen) atoms. The van der Waals surface area contributed by atoms with Gasteiger partial charge < -0.3 is 10.2 Å². The number of para-hydroxylation sites is 2. The molecular weight excluding hydrogens is 342 g/mol. The zero-order valence-corrected chi connectivity index (χ0v) is 15.4. The average molecular weight is 365 g/mol. The lowest BCUT2D eigenvalue weighted by molar-refractivity contribution is -0.121. The molecule has 1 saturated heterocycles. The van der Waals surface area contributed by atoms with Gasteiger partial charge in [-0.25, -0.2) is 9.78 Å². The number of nitrogens with zero attached hydrogens (tertiary/aromatic N) is 4. The first-order valence-electron chi connectivity index (χ1n) is 9.24. The Labute approximate surface area is 157 Å². The number of aromatic nitrogens is 3. The van der Waals surface area contributed by atoms with E-state index in [2.05, 4.69) is 15.2 Å². The molecule has 0 atom stereocenters. The van der Waals surface area contributed by atoms with Crippen LogP contribution in [0.25, 0.3) is 11.0 Å². The standard InChI is InChI=1S/C20H23N5O2/c1-23-16-6-2-3-7-17(16)25(20(23)27)14-19(26)22-13-15-8-9-18(21-12-15)24-10-4-5-11-24/h2-3,6-9,12H,4-5,10-11,13-14H2,1H3,(H,22,26). The quantitative estimate of drug-likeness (QED) is 0.746. The largest absolute Gasteiger partial charge is 0.357 e. The summed E-state index contributed by atoms with van der Waals surface area (Å²) in [5.41, 5.74) is 2.33. The molecule has 1 aliphatic heterocycles. The maximum atomic E-state index is 12.4. The van der Waals surface area contributed by atoms with E-state index < -0.39 is 0 Å². The number of fused-ring (bicyclic) bond motifs is 1. The summed E-state index contributed by atoms with van der Waals surface area (Å²) in [5.74, 6) is 0.793. The van der Waals surface area contributed by atoms with Crippen molar-refractivity contribution in [2.75, 3.05) is 18.0 Å². The molecule has 0 saturated carbocycles. The monoisotopic (exact) mass is 365 g/mol. The number of carbonyl (C=O) groups is 1. The third-order valence-electron chi connectivity index (χ3n) is 5.08. The lowest BCUT2D eigenvalue weighted by Crippen LogP contribution is -2.32. The van der Waals surface area contributed by atoms with Gasteiger partial charge in [-0.2, -0.15) is 0 Å². The Morgan fingerprint density at radius 3 is 2.56 bits per heavy atom. The van der Waals surface area contributed by atoms with Crippen LogP contribution in [0.5, 0.6) is 0 Å². The van der Waals surface area contributed by atoms with Crippen molar-refractivity contribution < 1.29 is 4.79 Å². The summed E-state index contributed by atoms with van der Waals surface area (Å²) in [6.07, 6.45) is 4.23. The molecule has 4 rings (SSSR count). The van der Waals surface area contributed by atoms with Crippen molar-refractivity contribution in [1.29, 1.82) is 0 Å². The highest BCUT2D eigenvalue weighted by Gasteiger charge is 2.14. The maximum absolute atomic E-state index is 12.4. The third-order valence-corrected chi connectivity index (χ3v) is 5.08. The third kappa shape index (κ3) is 3.45. The molecule has 0 radical (unpaired) electrons. The van der Waals surface area contributed by atoms with Gasteiger partial charge >= 0.3 is 5.69 Å². The van der Waals surface area contributed by atoms with Crippen molar-refractivity contribution >= 4 is 22.8 Å². The fourth-order valence-electron chi connectivity index (χ4n) is 3.57. The molecule has 1 amide bonds. The summed E-state index contributed by atoms with van der Waals surface area (Å²) in [6, 6.07) is 11.5. The van der Waals surface area contributed by atoms with Crippen molar-refractivity contribution in [2.45, 2.75) is 25.9 Å². The van der Waals surface area contributed by atoms with E-state index >= 15 is 0 Å². The van der Waals surface area contributed by atoms with Crippen LogP contribution < -0.4 is 15.9 Å². The van der Waals surface area contributed by atoms with E-state index in [1.54, 1.807) is 17.8 Å². The number of anilines is 1. The molecule has 0 bridgehead atoms. The van der Waals surface area contributed by atoms with Gasteiger partial charge in [0.15, 0.2) is 0 Å². The van der Waals surface area contributed by atoms with E-state index in [0.29, 0.717) is 6.54 Å². The summed E-state index contributed by atoms with van der Waals surface area (Å²) in [6.45, 7) is 2.51. The topological polar surface area (TPSA) is 72.2 Å². The molecule has 7 heteroatoms. The second-order valence-corrected chi connectivity index (χ2v) is 6.91. The van der Waals surface area contributed by atoms with Crippen molar-refractivity contribution in [3.05, 3.63) is 58.6 Å². The van der Waals surface area contributed by atoms with Crippen molar-refractivity contribution in [3.8, 4) is 0 Å². The normalized spacial score (nSPS) is 14.0. The fraction of sp³-hybridized carbons (Fsp3) is 0.350. The highest BCUT2D eigenvalue weighted by atomic mass is 16.2. The van der Waals surface area contributed by atoms with Crippen LogP contribution in [0.2, 0.25) is 0 Å². The number of carbonyl (C=O) groups excluding carboxylic acids is 1. The minimum Gasteiger partial charge on any atom is -0.357 e. The van der Waals surface area contributed by atoms with Gasteiger partial charge in [0.05, 0.1) is 11.0 Å². The van der Waals surface area contributed by atoms with Gasteiger partial charge in [-0.3, -0.25) is 13.9 Å². The number of benzene rings is 1. The Morgan fingerprint density at radius 2 is 1.85 bits per heavy atom. The smallest absolute Gasteiger partial charge is 0.329 e. The van der Waals surface area contributed by atoms with Crippen LogP contribution >= 0.6 is 0 Å². The van der Waals surface area contributed by atoms with Crippen molar-refractivity contribution in [2.24, 2.45) is 7.05 Å². The van der Waals surface area contributed by atoms with Crippen LogP contribution in [0.1, 0.15) is 18.4 Å². The van der Waals surface area contributed by atoms with Crippen molar-refractivity contribution in [3.63, 3.8) is 0 Å². The molecular formula is C20H23N5O2. The molecule has 0 unspecified atom stereocenters. The minimum atomic E-state index is -0.197. The van der Waals surface area contributed by atoms with E-state index in [1.165, 1.54) is 17.4 Å². The summed E-state index contributed by atoms with van der Waals surface area (Å²) in [4.78, 5) is 31.5. The van der Waals surface area contributed by atoms with E-state index in [-0.39, 0.29) is 18.1 Å². The van der Waals surface area contributed by atoms with E-state index in [0.717, 1.165) is 35.5 Å². The number of imidazole rings is 1. The van der Waals surface area contributed by atoms with E-state index in [9.17, 15) is 9.59 Å². The van der Waals surface area contributed by atoms with E-state index in [4.69, 9.17) is 0 Å². The molecule has 140 valence electrons. The maximum Gasteiger partial charge on any atom is 0.329 e. The second kappa shape index (κ2) is 7.26. The lowest BCUT2D eigenvalue weighted by Gasteiger charge is -2.16. The van der Waals surface area contributed by atoms with Gasteiger partial charge in [0.1, 0.15) is 12.4 Å². The zero-order valence-electron chi connectivity index (χ0n) is 15.4. The SMILES string of the molecule is Cn1c(=O)n(CC(=O)NCc2ccc(N3CCCC3)nc2)c2ccccc21. The first kappa shape index (κ1) is 17.3. The molecule has 2 aromatic heterocycles. The molecule has 1 aromatic carbocycles. The molecule has 3 aromatic rings. The number of rotatable bonds is 5. The molecule has 3 heterocycles. The number of hydrogen-bond donors (Lipinski definition) is 1. The van der Waals surface area contributed by atoms with Crippen LogP contribution in [0, 0.1) is 0 Å². The summed E-state index contributed by atoms with van der Waals surface area (Å²) in [5, 5.41) is 2.88. The molecule has 7 nitrogen and oxygen atoms in total. The molecule has 1 N–H and O–H groups in total. The number of pyridine rings is 1. The molecule has 0 spiro atoms. The van der Waals surface area contributed by atoms with Gasteiger partial charge in [0.25, 0.3) is 0 Å². The number of nitrogens with one attached hydrogen (secondary N) is 1. The fourth-order valence-corrected chi connectivity index (χ4v) is 3.57.